The number of carbonyl (C=O) groups is 3. The molecule has 0 aromatic rings. The number of carboxylic acid groups (broad SMARTS) is 1. The SMILES string of the molecule is CC/C=C\C/C=C\C/C=C\C/C=C\C/C=C\C/C=C\CCC(=O)OC(COC(=O)C/C=C\C/C=C\C/C=C\C/C=C\C/C=C\CC)COC(OCC[N+](C)(C)C)C(=O)[O-]. The lowest BCUT2D eigenvalue weighted by molar-refractivity contribution is -0.870. The van der Waals surface area contributed by atoms with Crippen LogP contribution in [-0.2, 0) is 33.3 Å². The van der Waals surface area contributed by atoms with E-state index in [2.05, 4.69) is 117 Å². The molecule has 0 bridgehead atoms. The van der Waals surface area contributed by atoms with E-state index < -0.39 is 30.3 Å². The molecule has 0 heterocycles. The van der Waals surface area contributed by atoms with E-state index in [0.29, 0.717) is 23.9 Å². The maximum absolute atomic E-state index is 12.7. The molecule has 0 amide bonds. The number of esters is 2. The number of hydrogen-bond acceptors (Lipinski definition) is 8. The summed E-state index contributed by atoms with van der Waals surface area (Å²) in [6.07, 6.45) is 53.9. The third kappa shape index (κ3) is 41.4. The largest absolute Gasteiger partial charge is 0.545 e. The van der Waals surface area contributed by atoms with Crippen molar-refractivity contribution in [2.75, 3.05) is 47.5 Å². The topological polar surface area (TPSA) is 111 Å². The van der Waals surface area contributed by atoms with Gasteiger partial charge in [-0.1, -0.05) is 148 Å². The second-order valence-electron chi connectivity index (χ2n) is 14.5. The van der Waals surface area contributed by atoms with E-state index in [1.807, 2.05) is 45.4 Å². The van der Waals surface area contributed by atoms with Gasteiger partial charge in [-0.05, 0) is 77.0 Å². The Hall–Kier alpha value is -4.57. The van der Waals surface area contributed by atoms with Crippen LogP contribution in [0.3, 0.4) is 0 Å². The monoisotopic (exact) mass is 818 g/mol. The van der Waals surface area contributed by atoms with Crippen molar-refractivity contribution in [1.82, 2.24) is 0 Å². The molecule has 0 radical (unpaired) electrons. The first kappa shape index (κ1) is 54.4. The zero-order valence-electron chi connectivity index (χ0n) is 36.8. The molecule has 9 nitrogen and oxygen atoms in total. The smallest absolute Gasteiger partial charge is 0.309 e. The normalized spacial score (nSPS) is 14.3. The van der Waals surface area contributed by atoms with Gasteiger partial charge in [-0.2, -0.15) is 0 Å². The first-order valence-electron chi connectivity index (χ1n) is 21.3. The number of hydrogen-bond donors (Lipinski definition) is 0. The van der Waals surface area contributed by atoms with Gasteiger partial charge >= 0.3 is 11.9 Å². The lowest BCUT2D eigenvalue weighted by Crippen LogP contribution is -2.44. The van der Waals surface area contributed by atoms with Gasteiger partial charge < -0.3 is 33.3 Å². The summed E-state index contributed by atoms with van der Waals surface area (Å²) in [4.78, 5) is 36.8. The van der Waals surface area contributed by atoms with Gasteiger partial charge in [0.05, 0.1) is 46.7 Å². The lowest BCUT2D eigenvalue weighted by Gasteiger charge is -2.26. The van der Waals surface area contributed by atoms with Gasteiger partial charge in [0.15, 0.2) is 12.4 Å². The van der Waals surface area contributed by atoms with Gasteiger partial charge in [-0.25, -0.2) is 0 Å². The van der Waals surface area contributed by atoms with Crippen LogP contribution in [0.25, 0.3) is 0 Å². The van der Waals surface area contributed by atoms with Crippen molar-refractivity contribution >= 4 is 17.9 Å². The second-order valence-corrected chi connectivity index (χ2v) is 14.5. The zero-order valence-corrected chi connectivity index (χ0v) is 36.8. The summed E-state index contributed by atoms with van der Waals surface area (Å²) in [5.74, 6) is -2.59. The van der Waals surface area contributed by atoms with Crippen molar-refractivity contribution < 1.29 is 42.9 Å². The minimum atomic E-state index is -1.67. The Morgan fingerprint density at radius 1 is 0.508 bits per heavy atom. The molecular weight excluding hydrogens is 743 g/mol. The third-order valence-corrected chi connectivity index (χ3v) is 7.94. The van der Waals surface area contributed by atoms with Crippen molar-refractivity contribution in [2.24, 2.45) is 0 Å². The Labute approximate surface area is 357 Å². The first-order chi connectivity index (χ1) is 28.6. The molecule has 0 spiro atoms. The maximum Gasteiger partial charge on any atom is 0.309 e. The Balaban J connectivity index is 4.76. The summed E-state index contributed by atoms with van der Waals surface area (Å²) in [5.41, 5.74) is 0. The van der Waals surface area contributed by atoms with Gasteiger partial charge in [0.25, 0.3) is 0 Å². The summed E-state index contributed by atoms with van der Waals surface area (Å²) < 4.78 is 22.3. The summed E-state index contributed by atoms with van der Waals surface area (Å²) >= 11 is 0. The van der Waals surface area contributed by atoms with Crippen LogP contribution < -0.4 is 5.11 Å². The molecule has 2 atom stereocenters. The fourth-order valence-electron chi connectivity index (χ4n) is 4.69. The van der Waals surface area contributed by atoms with Crippen LogP contribution >= 0.6 is 0 Å². The van der Waals surface area contributed by atoms with Crippen molar-refractivity contribution in [3.05, 3.63) is 134 Å². The standard InChI is InChI=1S/C50H75NO8/c1-6-8-10-12-14-16-18-20-22-23-24-25-27-29-31-33-35-37-39-41-48(53)59-46(45-58-50(49(54)55)56-43-42-51(3,4)5)44-57-47(52)40-38-36-34-32-30-28-26-21-19-17-15-13-11-9-7-2/h8-11,14-17,20-22,24-26,29-32,35-38,46,50H,6-7,12-13,18-19,23,27-28,33-34,39-45H2,1-5H3/b10-8-,11-9-,16-14-,17-15-,22-20-,25-24-,26-21-,31-29-,32-30-,37-35-,38-36-. The van der Waals surface area contributed by atoms with Crippen LogP contribution in [0.4, 0.5) is 0 Å². The molecule has 0 N–H and O–H groups in total. The van der Waals surface area contributed by atoms with Crippen LogP contribution in [-0.4, -0.2) is 82.3 Å². The molecule has 328 valence electrons. The van der Waals surface area contributed by atoms with Crippen LogP contribution in [0.1, 0.15) is 104 Å². The molecule has 0 aromatic carbocycles. The van der Waals surface area contributed by atoms with E-state index in [0.717, 1.165) is 64.2 Å². The Kier molecular flexibility index (Phi) is 37.1. The number of aliphatic carboxylic acids is 1. The average Bonchev–Trinajstić information content (AvgIpc) is 3.19. The average molecular weight is 818 g/mol. The quantitative estimate of drug-likeness (QED) is 0.0266. The molecule has 0 aliphatic rings. The van der Waals surface area contributed by atoms with E-state index in [9.17, 15) is 19.5 Å². The van der Waals surface area contributed by atoms with Crippen molar-refractivity contribution in [3.63, 3.8) is 0 Å². The number of likely N-dealkylation sites (N-methyl/N-ethyl adjacent to an activating group) is 1. The minimum Gasteiger partial charge on any atom is -0.545 e. The Bertz CT molecular complexity index is 1420. The Morgan fingerprint density at radius 2 is 0.898 bits per heavy atom. The second kappa shape index (κ2) is 40.2. The van der Waals surface area contributed by atoms with Gasteiger partial charge in [0.2, 0.25) is 0 Å². The van der Waals surface area contributed by atoms with Crippen LogP contribution in [0, 0.1) is 0 Å². The van der Waals surface area contributed by atoms with E-state index in [4.69, 9.17) is 18.9 Å². The molecule has 0 saturated heterocycles. The molecule has 59 heavy (non-hydrogen) atoms. The summed E-state index contributed by atoms with van der Waals surface area (Å²) in [5, 5.41) is 11.7. The number of quaternary nitrogens is 1. The first-order valence-corrected chi connectivity index (χ1v) is 21.3. The molecule has 0 rings (SSSR count). The van der Waals surface area contributed by atoms with Gasteiger partial charge in [0, 0.05) is 6.42 Å². The predicted molar refractivity (Wildman–Crippen MR) is 241 cm³/mol. The van der Waals surface area contributed by atoms with Crippen LogP contribution in [0.5, 0.6) is 0 Å². The van der Waals surface area contributed by atoms with Crippen molar-refractivity contribution in [2.45, 2.75) is 116 Å². The summed E-state index contributed by atoms with van der Waals surface area (Å²) in [6, 6.07) is 0. The number of rotatable bonds is 36. The fourth-order valence-corrected chi connectivity index (χ4v) is 4.69. The minimum absolute atomic E-state index is 0.0353. The van der Waals surface area contributed by atoms with E-state index >= 15 is 0 Å². The number of ether oxygens (including phenoxy) is 4. The lowest BCUT2D eigenvalue weighted by atomic mass is 10.2. The highest BCUT2D eigenvalue weighted by Gasteiger charge is 2.21. The third-order valence-electron chi connectivity index (χ3n) is 7.94. The van der Waals surface area contributed by atoms with Crippen molar-refractivity contribution in [3.8, 4) is 0 Å². The molecule has 0 fully saturated rings. The number of carbonyl (C=O) groups excluding carboxylic acids is 3. The molecule has 0 aliphatic heterocycles. The van der Waals surface area contributed by atoms with Gasteiger partial charge in [-0.3, -0.25) is 9.59 Å². The number of nitrogens with zero attached hydrogens (tertiary/aromatic N) is 1. The van der Waals surface area contributed by atoms with E-state index in [-0.39, 0.29) is 32.7 Å². The number of allylic oxidation sites excluding steroid dienone is 21. The summed E-state index contributed by atoms with van der Waals surface area (Å²) in [6.45, 7) is 4.25. The van der Waals surface area contributed by atoms with Crippen molar-refractivity contribution in [1.29, 1.82) is 0 Å². The fraction of sp³-hybridized carbons (Fsp3) is 0.500. The summed E-state index contributed by atoms with van der Waals surface area (Å²) in [7, 11) is 5.84. The predicted octanol–water partition coefficient (Wildman–Crippen LogP) is 9.88. The molecule has 0 aromatic heterocycles. The molecular formula is C50H75NO8. The molecule has 9 heteroatoms. The number of carboxylic acids is 1. The highest BCUT2D eigenvalue weighted by molar-refractivity contribution is 5.71. The van der Waals surface area contributed by atoms with E-state index in [1.54, 1.807) is 6.08 Å². The highest BCUT2D eigenvalue weighted by atomic mass is 16.7. The van der Waals surface area contributed by atoms with Crippen LogP contribution in [0.2, 0.25) is 0 Å². The Morgan fingerprint density at radius 3 is 1.29 bits per heavy atom. The van der Waals surface area contributed by atoms with Gasteiger partial charge in [0.1, 0.15) is 13.2 Å². The molecule has 0 saturated carbocycles. The highest BCUT2D eigenvalue weighted by Crippen LogP contribution is 2.07. The zero-order chi connectivity index (χ0) is 43.5. The van der Waals surface area contributed by atoms with E-state index in [1.165, 1.54) is 0 Å². The van der Waals surface area contributed by atoms with Crippen LogP contribution in [0.15, 0.2) is 134 Å². The molecule has 0 aliphatic carbocycles. The van der Waals surface area contributed by atoms with Gasteiger partial charge in [-0.15, -0.1) is 0 Å². The maximum atomic E-state index is 12.7. The molecule has 2 unspecified atom stereocenters.